The normalized spacial score (nSPS) is 15.4. The van der Waals surface area contributed by atoms with Crippen LogP contribution in [0.2, 0.25) is 5.02 Å². The molecule has 0 unspecified atom stereocenters. The van der Waals surface area contributed by atoms with E-state index in [1.54, 1.807) is 11.0 Å². The third kappa shape index (κ3) is 6.33. The Balaban J connectivity index is 1.78. The van der Waals surface area contributed by atoms with Gasteiger partial charge in [0.2, 0.25) is 11.8 Å². The van der Waals surface area contributed by atoms with E-state index in [2.05, 4.69) is 5.32 Å². The molecule has 1 atom stereocenters. The van der Waals surface area contributed by atoms with Crippen molar-refractivity contribution in [3.8, 4) is 0 Å². The number of nitrogens with zero attached hydrogens (tertiary/aromatic N) is 1. The Hall–Kier alpha value is -2.33. The number of carbonyl (C=O) groups is 2. The van der Waals surface area contributed by atoms with E-state index in [-0.39, 0.29) is 24.3 Å². The molecule has 3 rings (SSSR count). The fraction of sp³-hybridized carbons (Fsp3) is 0.440. The number of carbonyl (C=O) groups excluding carboxylic acids is 2. The van der Waals surface area contributed by atoms with Crippen LogP contribution in [0, 0.1) is 0 Å². The fourth-order valence-electron chi connectivity index (χ4n) is 4.17. The summed E-state index contributed by atoms with van der Waals surface area (Å²) >= 11 is 6.10. The molecule has 1 fully saturated rings. The molecule has 5 heteroatoms. The summed E-state index contributed by atoms with van der Waals surface area (Å²) < 4.78 is 0. The number of hydrogen-bond acceptors (Lipinski definition) is 2. The molecule has 1 saturated carbocycles. The Bertz CT molecular complexity index is 834. The second kappa shape index (κ2) is 11.2. The van der Waals surface area contributed by atoms with Crippen LogP contribution in [0.15, 0.2) is 54.6 Å². The highest BCUT2D eigenvalue weighted by atomic mass is 35.5. The lowest BCUT2D eigenvalue weighted by Crippen LogP contribution is -2.51. The van der Waals surface area contributed by atoms with Gasteiger partial charge in [-0.2, -0.15) is 0 Å². The molecule has 160 valence electrons. The van der Waals surface area contributed by atoms with Crippen molar-refractivity contribution >= 4 is 23.4 Å². The van der Waals surface area contributed by atoms with Crippen LogP contribution in [-0.4, -0.2) is 28.8 Å². The van der Waals surface area contributed by atoms with Crippen molar-refractivity contribution in [1.82, 2.24) is 10.2 Å². The number of rotatable bonds is 8. The summed E-state index contributed by atoms with van der Waals surface area (Å²) in [5.74, 6) is -0.105. The molecule has 1 aliphatic carbocycles. The first-order valence-corrected chi connectivity index (χ1v) is 11.3. The molecule has 0 aliphatic heterocycles. The van der Waals surface area contributed by atoms with E-state index in [1.165, 1.54) is 6.42 Å². The lowest BCUT2D eigenvalue weighted by atomic mass is 9.95. The fourth-order valence-corrected chi connectivity index (χ4v) is 4.38. The van der Waals surface area contributed by atoms with Crippen LogP contribution >= 0.6 is 11.6 Å². The van der Waals surface area contributed by atoms with Gasteiger partial charge in [0.1, 0.15) is 6.04 Å². The lowest BCUT2D eigenvalue weighted by molar-refractivity contribution is -0.141. The van der Waals surface area contributed by atoms with Crippen molar-refractivity contribution in [2.75, 3.05) is 0 Å². The highest BCUT2D eigenvalue weighted by Crippen LogP contribution is 2.20. The van der Waals surface area contributed by atoms with Crippen molar-refractivity contribution in [2.24, 2.45) is 0 Å². The first-order chi connectivity index (χ1) is 14.6. The summed E-state index contributed by atoms with van der Waals surface area (Å²) in [5, 5.41) is 3.82. The second-order valence-corrected chi connectivity index (χ2v) is 8.52. The first-order valence-electron chi connectivity index (χ1n) is 10.9. The zero-order chi connectivity index (χ0) is 21.3. The molecule has 30 heavy (non-hydrogen) atoms. The molecule has 0 spiro atoms. The highest BCUT2D eigenvalue weighted by molar-refractivity contribution is 6.30. The van der Waals surface area contributed by atoms with Gasteiger partial charge in [0.15, 0.2) is 0 Å². The summed E-state index contributed by atoms with van der Waals surface area (Å²) in [6.07, 6.45) is 6.40. The van der Waals surface area contributed by atoms with Crippen molar-refractivity contribution < 1.29 is 9.59 Å². The van der Waals surface area contributed by atoms with Crippen molar-refractivity contribution in [3.63, 3.8) is 0 Å². The van der Waals surface area contributed by atoms with Gasteiger partial charge in [0.05, 0.1) is 6.42 Å². The van der Waals surface area contributed by atoms with Gasteiger partial charge in [-0.1, -0.05) is 80.3 Å². The maximum Gasteiger partial charge on any atom is 0.243 e. The summed E-state index contributed by atoms with van der Waals surface area (Å²) in [4.78, 5) is 28.2. The maximum atomic E-state index is 13.3. The number of benzene rings is 2. The Labute approximate surface area is 184 Å². The molecule has 2 aromatic rings. The SMILES string of the molecule is CC[C@@H](C(=O)NC1CCCCC1)N(Cc1ccccc1)C(=O)Cc1cccc(Cl)c1. The monoisotopic (exact) mass is 426 g/mol. The van der Waals surface area contributed by atoms with Gasteiger partial charge in [0, 0.05) is 17.6 Å². The van der Waals surface area contributed by atoms with Crippen LogP contribution in [0.3, 0.4) is 0 Å². The van der Waals surface area contributed by atoms with Crippen LogP contribution in [0.5, 0.6) is 0 Å². The third-order valence-electron chi connectivity index (χ3n) is 5.78. The smallest absolute Gasteiger partial charge is 0.243 e. The molecule has 0 aromatic heterocycles. The van der Waals surface area contributed by atoms with Gasteiger partial charge >= 0.3 is 0 Å². The Kier molecular flexibility index (Phi) is 8.32. The molecule has 0 heterocycles. The Morgan fingerprint density at radius 1 is 1.03 bits per heavy atom. The van der Waals surface area contributed by atoms with Crippen molar-refractivity contribution in [1.29, 1.82) is 0 Å². The quantitative estimate of drug-likeness (QED) is 0.635. The molecular formula is C25H31ClN2O2. The van der Waals surface area contributed by atoms with Crippen molar-refractivity contribution in [2.45, 2.75) is 70.5 Å². The first kappa shape index (κ1) is 22.4. The minimum absolute atomic E-state index is 0.0419. The van der Waals surface area contributed by atoms with E-state index in [9.17, 15) is 9.59 Å². The molecule has 1 aliphatic rings. The summed E-state index contributed by atoms with van der Waals surface area (Å²) in [5.41, 5.74) is 1.87. The summed E-state index contributed by atoms with van der Waals surface area (Å²) in [6, 6.07) is 16.9. The summed E-state index contributed by atoms with van der Waals surface area (Å²) in [7, 11) is 0. The number of nitrogens with one attached hydrogen (secondary N) is 1. The van der Waals surface area contributed by atoms with Gasteiger partial charge in [-0.25, -0.2) is 0 Å². The molecule has 0 saturated heterocycles. The molecule has 4 nitrogen and oxygen atoms in total. The van der Waals surface area contributed by atoms with E-state index in [0.717, 1.165) is 36.8 Å². The predicted molar refractivity (Wildman–Crippen MR) is 121 cm³/mol. The predicted octanol–water partition coefficient (Wildman–Crippen LogP) is 5.14. The standard InChI is InChI=1S/C25H31ClN2O2/c1-2-23(25(30)27-22-14-7-4-8-15-22)28(18-19-10-5-3-6-11-19)24(29)17-20-12-9-13-21(26)16-20/h3,5-6,9-13,16,22-23H,2,4,7-8,14-15,17-18H2,1H3,(H,27,30)/t23-/m0/s1. The molecule has 1 N–H and O–H groups in total. The van der Waals surface area contributed by atoms with E-state index >= 15 is 0 Å². The average Bonchev–Trinajstić information content (AvgIpc) is 2.75. The van der Waals surface area contributed by atoms with Crippen molar-refractivity contribution in [3.05, 3.63) is 70.7 Å². The largest absolute Gasteiger partial charge is 0.352 e. The zero-order valence-corrected chi connectivity index (χ0v) is 18.4. The van der Waals surface area contributed by atoms with E-state index in [1.807, 2.05) is 55.5 Å². The van der Waals surface area contributed by atoms with E-state index in [4.69, 9.17) is 11.6 Å². The molecule has 2 amide bonds. The molecule has 2 aromatic carbocycles. The number of hydrogen-bond donors (Lipinski definition) is 1. The van der Waals surface area contributed by atoms with Crippen LogP contribution < -0.4 is 5.32 Å². The Morgan fingerprint density at radius 3 is 2.40 bits per heavy atom. The molecule has 0 bridgehead atoms. The topological polar surface area (TPSA) is 49.4 Å². The summed E-state index contributed by atoms with van der Waals surface area (Å²) in [6.45, 7) is 2.38. The van der Waals surface area contributed by atoms with Crippen LogP contribution in [0.25, 0.3) is 0 Å². The van der Waals surface area contributed by atoms with Gasteiger partial charge in [-0.3, -0.25) is 9.59 Å². The van der Waals surface area contributed by atoms with Gasteiger partial charge in [0.25, 0.3) is 0 Å². The number of amides is 2. The average molecular weight is 427 g/mol. The second-order valence-electron chi connectivity index (χ2n) is 8.08. The Morgan fingerprint density at radius 2 is 1.73 bits per heavy atom. The molecular weight excluding hydrogens is 396 g/mol. The third-order valence-corrected chi connectivity index (χ3v) is 6.01. The lowest BCUT2D eigenvalue weighted by Gasteiger charge is -2.33. The van der Waals surface area contributed by atoms with Crippen LogP contribution in [0.4, 0.5) is 0 Å². The molecule has 0 radical (unpaired) electrons. The van der Waals surface area contributed by atoms with Crippen LogP contribution in [-0.2, 0) is 22.6 Å². The minimum Gasteiger partial charge on any atom is -0.352 e. The van der Waals surface area contributed by atoms with E-state index < -0.39 is 6.04 Å². The van der Waals surface area contributed by atoms with Gasteiger partial charge in [-0.15, -0.1) is 0 Å². The maximum absolute atomic E-state index is 13.3. The minimum atomic E-state index is -0.487. The van der Waals surface area contributed by atoms with Gasteiger partial charge in [-0.05, 0) is 42.5 Å². The van der Waals surface area contributed by atoms with E-state index in [0.29, 0.717) is 18.0 Å². The highest BCUT2D eigenvalue weighted by Gasteiger charge is 2.30. The number of halogens is 1. The van der Waals surface area contributed by atoms with Crippen LogP contribution in [0.1, 0.15) is 56.6 Å². The zero-order valence-electron chi connectivity index (χ0n) is 17.6. The van der Waals surface area contributed by atoms with Gasteiger partial charge < -0.3 is 10.2 Å².